The van der Waals surface area contributed by atoms with Gasteiger partial charge < -0.3 is 5.32 Å². The number of rotatable bonds is 8. The Morgan fingerprint density at radius 2 is 1.80 bits per heavy atom. The highest BCUT2D eigenvalue weighted by molar-refractivity contribution is 7.89. The highest BCUT2D eigenvalue weighted by Gasteiger charge is 2.12. The fourth-order valence-corrected chi connectivity index (χ4v) is 2.24. The van der Waals surface area contributed by atoms with Gasteiger partial charge in [-0.15, -0.1) is 0 Å². The minimum atomic E-state index is -3.07. The third-order valence-electron chi connectivity index (χ3n) is 2.70. The zero-order valence-electron chi connectivity index (χ0n) is 10.2. The summed E-state index contributed by atoms with van der Waals surface area (Å²) in [7, 11) is -3.07. The van der Waals surface area contributed by atoms with Crippen molar-refractivity contribution < 1.29 is 8.42 Å². The lowest BCUT2D eigenvalue weighted by molar-refractivity contribution is 0.398. The Balaban J connectivity index is 3.79. The zero-order chi connectivity index (χ0) is 11.9. The third kappa shape index (κ3) is 6.87. The molecule has 15 heavy (non-hydrogen) atoms. The Labute approximate surface area is 93.9 Å². The van der Waals surface area contributed by atoms with E-state index in [0.29, 0.717) is 25.0 Å². The molecule has 0 spiro atoms. The smallest absolute Gasteiger partial charge is 0.212 e. The summed E-state index contributed by atoms with van der Waals surface area (Å²) in [5.41, 5.74) is 0. The van der Waals surface area contributed by atoms with Gasteiger partial charge in [0.1, 0.15) is 0 Å². The summed E-state index contributed by atoms with van der Waals surface area (Å²) in [4.78, 5) is 0. The molecule has 0 saturated carbocycles. The first-order valence-corrected chi connectivity index (χ1v) is 7.28. The minimum Gasteiger partial charge on any atom is -0.313 e. The molecule has 0 fully saturated rings. The second kappa shape index (κ2) is 7.19. The summed E-state index contributed by atoms with van der Waals surface area (Å²) in [5, 5.41) is 3.23. The van der Waals surface area contributed by atoms with Crippen molar-refractivity contribution in [1.82, 2.24) is 10.0 Å². The molecule has 0 aliphatic carbocycles. The lowest BCUT2D eigenvalue weighted by Crippen LogP contribution is -2.38. The predicted octanol–water partition coefficient (Wildman–Crippen LogP) is 0.950. The van der Waals surface area contributed by atoms with E-state index in [1.54, 1.807) is 6.92 Å². The van der Waals surface area contributed by atoms with Crippen LogP contribution in [0.25, 0.3) is 0 Å². The summed E-state index contributed by atoms with van der Waals surface area (Å²) in [5.74, 6) is 0.730. The molecule has 0 aromatic carbocycles. The first-order chi connectivity index (χ1) is 6.93. The summed E-state index contributed by atoms with van der Waals surface area (Å²) >= 11 is 0. The summed E-state index contributed by atoms with van der Waals surface area (Å²) in [6.45, 7) is 9.15. The molecule has 0 amide bonds. The normalized spacial score (nSPS) is 16.3. The van der Waals surface area contributed by atoms with E-state index in [1.807, 2.05) is 0 Å². The van der Waals surface area contributed by atoms with Gasteiger partial charge in [-0.1, -0.05) is 27.2 Å². The number of nitrogens with one attached hydrogen (secondary N) is 2. The molecule has 0 radical (unpaired) electrons. The van der Waals surface area contributed by atoms with Crippen LogP contribution in [0, 0.1) is 5.92 Å². The highest BCUT2D eigenvalue weighted by Crippen LogP contribution is 2.05. The van der Waals surface area contributed by atoms with Crippen molar-refractivity contribution in [3.05, 3.63) is 0 Å². The second-order valence-corrected chi connectivity index (χ2v) is 5.87. The molecule has 0 saturated heterocycles. The summed E-state index contributed by atoms with van der Waals surface area (Å²) in [6.07, 6.45) is 1.11. The van der Waals surface area contributed by atoms with Gasteiger partial charge in [-0.05, 0) is 12.8 Å². The predicted molar refractivity (Wildman–Crippen MR) is 64.4 cm³/mol. The number of hydrogen-bond acceptors (Lipinski definition) is 3. The molecule has 0 bridgehead atoms. The van der Waals surface area contributed by atoms with Crippen LogP contribution in [0.15, 0.2) is 0 Å². The van der Waals surface area contributed by atoms with Crippen LogP contribution in [0.5, 0.6) is 0 Å². The molecule has 2 atom stereocenters. The lowest BCUT2D eigenvalue weighted by atomic mass is 10.0. The van der Waals surface area contributed by atoms with Gasteiger partial charge in [-0.25, -0.2) is 13.1 Å². The summed E-state index contributed by atoms with van der Waals surface area (Å²) < 4.78 is 25.1. The van der Waals surface area contributed by atoms with Gasteiger partial charge in [0.05, 0.1) is 5.75 Å². The zero-order valence-corrected chi connectivity index (χ0v) is 11.0. The maximum atomic E-state index is 11.3. The lowest BCUT2D eigenvalue weighted by Gasteiger charge is -2.19. The minimum absolute atomic E-state index is 0.154. The largest absolute Gasteiger partial charge is 0.313 e. The van der Waals surface area contributed by atoms with Crippen molar-refractivity contribution in [1.29, 1.82) is 0 Å². The Hall–Kier alpha value is -0.130. The van der Waals surface area contributed by atoms with E-state index in [-0.39, 0.29) is 5.75 Å². The van der Waals surface area contributed by atoms with Crippen molar-refractivity contribution >= 4 is 10.0 Å². The molecule has 0 aliphatic rings. The van der Waals surface area contributed by atoms with Crippen LogP contribution in [0.2, 0.25) is 0 Å². The standard InChI is InChI=1S/C10H24N2O2S/c1-5-9(3)10(4)11-7-8-15(13,14)12-6-2/h9-12H,5-8H2,1-4H3. The average Bonchev–Trinajstić information content (AvgIpc) is 2.15. The van der Waals surface area contributed by atoms with Gasteiger partial charge in [-0.2, -0.15) is 0 Å². The third-order valence-corrected chi connectivity index (χ3v) is 4.17. The molecule has 5 heteroatoms. The van der Waals surface area contributed by atoms with Crippen molar-refractivity contribution in [2.45, 2.75) is 40.2 Å². The summed E-state index contributed by atoms with van der Waals surface area (Å²) in [6, 6.07) is 0.367. The molecule has 0 aliphatic heterocycles. The van der Waals surface area contributed by atoms with Crippen LogP contribution >= 0.6 is 0 Å². The topological polar surface area (TPSA) is 58.2 Å². The van der Waals surface area contributed by atoms with E-state index in [4.69, 9.17) is 0 Å². The fraction of sp³-hybridized carbons (Fsp3) is 1.00. The van der Waals surface area contributed by atoms with E-state index in [2.05, 4.69) is 30.8 Å². The Morgan fingerprint density at radius 1 is 1.20 bits per heavy atom. The highest BCUT2D eigenvalue weighted by atomic mass is 32.2. The van der Waals surface area contributed by atoms with E-state index >= 15 is 0 Å². The molecular weight excluding hydrogens is 212 g/mol. The van der Waals surface area contributed by atoms with Gasteiger partial charge in [0, 0.05) is 19.1 Å². The maximum Gasteiger partial charge on any atom is 0.212 e. The van der Waals surface area contributed by atoms with Crippen molar-refractivity contribution in [2.24, 2.45) is 5.92 Å². The average molecular weight is 236 g/mol. The second-order valence-electron chi connectivity index (χ2n) is 3.95. The van der Waals surface area contributed by atoms with Gasteiger partial charge in [0.15, 0.2) is 0 Å². The van der Waals surface area contributed by atoms with Crippen LogP contribution in [-0.4, -0.2) is 33.3 Å². The van der Waals surface area contributed by atoms with Crippen molar-refractivity contribution in [2.75, 3.05) is 18.8 Å². The fourth-order valence-electron chi connectivity index (χ4n) is 1.27. The van der Waals surface area contributed by atoms with Gasteiger partial charge >= 0.3 is 0 Å². The molecule has 0 aromatic rings. The number of hydrogen-bond donors (Lipinski definition) is 2. The molecule has 0 heterocycles. The quantitative estimate of drug-likeness (QED) is 0.660. The van der Waals surface area contributed by atoms with Gasteiger partial charge in [-0.3, -0.25) is 0 Å². The number of sulfonamides is 1. The molecule has 0 rings (SSSR count). The van der Waals surface area contributed by atoms with Crippen LogP contribution in [0.3, 0.4) is 0 Å². The van der Waals surface area contributed by atoms with Crippen molar-refractivity contribution in [3.8, 4) is 0 Å². The van der Waals surface area contributed by atoms with E-state index in [9.17, 15) is 8.42 Å². The van der Waals surface area contributed by atoms with Gasteiger partial charge in [0.25, 0.3) is 0 Å². The van der Waals surface area contributed by atoms with E-state index < -0.39 is 10.0 Å². The molecular formula is C10H24N2O2S. The SMILES string of the molecule is CCNS(=O)(=O)CCNC(C)C(C)CC. The molecule has 2 unspecified atom stereocenters. The maximum absolute atomic E-state index is 11.3. The van der Waals surface area contributed by atoms with Crippen LogP contribution in [-0.2, 0) is 10.0 Å². The first kappa shape index (κ1) is 14.9. The van der Waals surface area contributed by atoms with Crippen LogP contribution in [0.4, 0.5) is 0 Å². The Kier molecular flexibility index (Phi) is 7.13. The van der Waals surface area contributed by atoms with Crippen molar-refractivity contribution in [3.63, 3.8) is 0 Å². The Morgan fingerprint density at radius 3 is 2.27 bits per heavy atom. The first-order valence-electron chi connectivity index (χ1n) is 5.63. The van der Waals surface area contributed by atoms with Crippen LogP contribution in [0.1, 0.15) is 34.1 Å². The monoisotopic (exact) mass is 236 g/mol. The molecule has 4 nitrogen and oxygen atoms in total. The van der Waals surface area contributed by atoms with Gasteiger partial charge in [0.2, 0.25) is 10.0 Å². The van der Waals surface area contributed by atoms with E-state index in [0.717, 1.165) is 6.42 Å². The molecule has 2 N–H and O–H groups in total. The Bertz CT molecular complexity index is 252. The van der Waals surface area contributed by atoms with Crippen LogP contribution < -0.4 is 10.0 Å². The van der Waals surface area contributed by atoms with E-state index in [1.165, 1.54) is 0 Å². The molecule has 0 aromatic heterocycles. The molecule has 92 valence electrons.